The molecular weight excluding hydrogens is 200 g/mol. The normalized spacial score (nSPS) is 11.5. The Morgan fingerprint density at radius 2 is 2.12 bits per heavy atom. The minimum atomic E-state index is -0.113. The average molecular weight is 222 g/mol. The van der Waals surface area contributed by atoms with E-state index in [2.05, 4.69) is 44.1 Å². The summed E-state index contributed by atoms with van der Waals surface area (Å²) in [5.74, 6) is 0.939. The van der Waals surface area contributed by atoms with Crippen molar-refractivity contribution in [3.8, 4) is 0 Å². The maximum atomic E-state index is 5.76. The molecule has 1 N–H and O–H groups in total. The zero-order valence-electron chi connectivity index (χ0n) is 10.7. The van der Waals surface area contributed by atoms with E-state index in [0.29, 0.717) is 6.61 Å². The topological polar surface area (TPSA) is 34.2 Å². The van der Waals surface area contributed by atoms with Crippen LogP contribution in [-0.4, -0.2) is 17.1 Å². The summed E-state index contributed by atoms with van der Waals surface area (Å²) in [4.78, 5) is 4.33. The Kier molecular flexibility index (Phi) is 4.74. The maximum Gasteiger partial charge on any atom is 0.131 e. The molecule has 0 bridgehead atoms. The van der Waals surface area contributed by atoms with Crippen LogP contribution in [0.25, 0.3) is 0 Å². The van der Waals surface area contributed by atoms with Crippen LogP contribution in [0.2, 0.25) is 0 Å². The van der Waals surface area contributed by atoms with E-state index in [0.717, 1.165) is 24.3 Å². The predicted octanol–water partition coefficient (Wildman–Crippen LogP) is 3.22. The molecule has 0 amide bonds. The quantitative estimate of drug-likeness (QED) is 0.830. The molecule has 0 spiro atoms. The van der Waals surface area contributed by atoms with Crippen molar-refractivity contribution in [1.82, 2.24) is 4.98 Å². The van der Waals surface area contributed by atoms with Gasteiger partial charge in [0.1, 0.15) is 5.82 Å². The largest absolute Gasteiger partial charge is 0.371 e. The van der Waals surface area contributed by atoms with Gasteiger partial charge in [0.25, 0.3) is 0 Å². The van der Waals surface area contributed by atoms with Gasteiger partial charge in [-0.05, 0) is 33.3 Å². The fourth-order valence-electron chi connectivity index (χ4n) is 1.25. The first kappa shape index (κ1) is 13.0. The number of anilines is 1. The van der Waals surface area contributed by atoms with Crippen molar-refractivity contribution in [1.29, 1.82) is 0 Å². The zero-order chi connectivity index (χ0) is 12.0. The molecule has 0 radical (unpaired) electrons. The summed E-state index contributed by atoms with van der Waals surface area (Å²) in [5.41, 5.74) is 1.00. The second kappa shape index (κ2) is 5.85. The molecule has 0 saturated heterocycles. The standard InChI is InChI=1S/C13H22N2O/c1-5-8-14-12-11(7-6-9-15-12)10-16-13(2,3)4/h6-7,9H,5,8,10H2,1-4H3,(H,14,15). The number of pyridine rings is 1. The lowest BCUT2D eigenvalue weighted by molar-refractivity contribution is -0.0148. The van der Waals surface area contributed by atoms with E-state index in [4.69, 9.17) is 4.74 Å². The Morgan fingerprint density at radius 1 is 1.38 bits per heavy atom. The molecule has 0 aliphatic carbocycles. The molecular formula is C13H22N2O. The minimum Gasteiger partial charge on any atom is -0.371 e. The third-order valence-electron chi connectivity index (χ3n) is 2.09. The van der Waals surface area contributed by atoms with Gasteiger partial charge in [0.15, 0.2) is 0 Å². The van der Waals surface area contributed by atoms with Gasteiger partial charge in [-0.15, -0.1) is 0 Å². The molecule has 1 aromatic rings. The number of hydrogen-bond acceptors (Lipinski definition) is 3. The molecule has 1 heterocycles. The number of aromatic nitrogens is 1. The van der Waals surface area contributed by atoms with Crippen molar-refractivity contribution < 1.29 is 4.74 Å². The minimum absolute atomic E-state index is 0.113. The second-order valence-electron chi connectivity index (χ2n) is 4.84. The Labute approximate surface area is 98.2 Å². The number of hydrogen-bond donors (Lipinski definition) is 1. The summed E-state index contributed by atoms with van der Waals surface area (Å²) in [6.45, 7) is 9.86. The molecule has 0 atom stereocenters. The summed E-state index contributed by atoms with van der Waals surface area (Å²) >= 11 is 0. The number of rotatable bonds is 5. The Bertz CT molecular complexity index is 318. The van der Waals surface area contributed by atoms with Gasteiger partial charge in [-0.1, -0.05) is 13.0 Å². The van der Waals surface area contributed by atoms with Crippen LogP contribution in [0.4, 0.5) is 5.82 Å². The van der Waals surface area contributed by atoms with Crippen LogP contribution in [0.3, 0.4) is 0 Å². The van der Waals surface area contributed by atoms with Crippen LogP contribution >= 0.6 is 0 Å². The Morgan fingerprint density at radius 3 is 2.75 bits per heavy atom. The third-order valence-corrected chi connectivity index (χ3v) is 2.09. The van der Waals surface area contributed by atoms with E-state index >= 15 is 0 Å². The summed E-state index contributed by atoms with van der Waals surface area (Å²) in [6.07, 6.45) is 2.90. The summed E-state index contributed by atoms with van der Waals surface area (Å²) in [5, 5.41) is 3.31. The molecule has 3 heteroatoms. The zero-order valence-corrected chi connectivity index (χ0v) is 10.7. The highest BCUT2D eigenvalue weighted by Gasteiger charge is 2.11. The number of nitrogens with zero attached hydrogens (tertiary/aromatic N) is 1. The summed E-state index contributed by atoms with van der Waals surface area (Å²) < 4.78 is 5.76. The van der Waals surface area contributed by atoms with Gasteiger partial charge >= 0.3 is 0 Å². The van der Waals surface area contributed by atoms with Crippen molar-refractivity contribution in [2.75, 3.05) is 11.9 Å². The van der Waals surface area contributed by atoms with Crippen LogP contribution in [0, 0.1) is 0 Å². The lowest BCUT2D eigenvalue weighted by Gasteiger charge is -2.20. The molecule has 0 fully saturated rings. The molecule has 3 nitrogen and oxygen atoms in total. The molecule has 90 valence electrons. The van der Waals surface area contributed by atoms with Gasteiger partial charge in [-0.25, -0.2) is 4.98 Å². The van der Waals surface area contributed by atoms with Gasteiger partial charge in [-0.3, -0.25) is 0 Å². The molecule has 0 saturated carbocycles. The van der Waals surface area contributed by atoms with Gasteiger partial charge in [-0.2, -0.15) is 0 Å². The third kappa shape index (κ3) is 4.62. The first-order valence-electron chi connectivity index (χ1n) is 5.84. The van der Waals surface area contributed by atoms with Crippen LogP contribution in [0.1, 0.15) is 39.7 Å². The van der Waals surface area contributed by atoms with E-state index in [-0.39, 0.29) is 5.60 Å². The predicted molar refractivity (Wildman–Crippen MR) is 67.6 cm³/mol. The van der Waals surface area contributed by atoms with Crippen molar-refractivity contribution in [2.45, 2.75) is 46.3 Å². The van der Waals surface area contributed by atoms with Crippen molar-refractivity contribution >= 4 is 5.82 Å². The lowest BCUT2D eigenvalue weighted by atomic mass is 10.2. The fourth-order valence-corrected chi connectivity index (χ4v) is 1.25. The average Bonchev–Trinajstić information content (AvgIpc) is 2.23. The SMILES string of the molecule is CCCNc1ncccc1COC(C)(C)C. The van der Waals surface area contributed by atoms with Gasteiger partial charge in [0, 0.05) is 18.3 Å². The van der Waals surface area contributed by atoms with E-state index in [1.54, 1.807) is 6.20 Å². The van der Waals surface area contributed by atoms with Crippen LogP contribution < -0.4 is 5.32 Å². The molecule has 0 aromatic carbocycles. The highest BCUT2D eigenvalue weighted by Crippen LogP contribution is 2.16. The highest BCUT2D eigenvalue weighted by molar-refractivity contribution is 5.43. The highest BCUT2D eigenvalue weighted by atomic mass is 16.5. The van der Waals surface area contributed by atoms with Gasteiger partial charge < -0.3 is 10.1 Å². The molecule has 0 unspecified atom stereocenters. The van der Waals surface area contributed by atoms with Crippen LogP contribution in [0.5, 0.6) is 0 Å². The molecule has 1 rings (SSSR count). The Balaban J connectivity index is 2.63. The van der Waals surface area contributed by atoms with Crippen molar-refractivity contribution in [3.63, 3.8) is 0 Å². The summed E-state index contributed by atoms with van der Waals surface area (Å²) in [6, 6.07) is 4.00. The Hall–Kier alpha value is -1.09. The van der Waals surface area contributed by atoms with E-state index < -0.39 is 0 Å². The van der Waals surface area contributed by atoms with E-state index in [1.807, 2.05) is 6.07 Å². The summed E-state index contributed by atoms with van der Waals surface area (Å²) in [7, 11) is 0. The second-order valence-corrected chi connectivity index (χ2v) is 4.84. The van der Waals surface area contributed by atoms with Crippen molar-refractivity contribution in [2.24, 2.45) is 0 Å². The number of nitrogens with one attached hydrogen (secondary N) is 1. The van der Waals surface area contributed by atoms with E-state index in [1.165, 1.54) is 0 Å². The lowest BCUT2D eigenvalue weighted by Crippen LogP contribution is -2.19. The maximum absolute atomic E-state index is 5.76. The monoisotopic (exact) mass is 222 g/mol. The van der Waals surface area contributed by atoms with Crippen LogP contribution in [0.15, 0.2) is 18.3 Å². The molecule has 16 heavy (non-hydrogen) atoms. The first-order valence-corrected chi connectivity index (χ1v) is 5.84. The van der Waals surface area contributed by atoms with E-state index in [9.17, 15) is 0 Å². The first-order chi connectivity index (χ1) is 7.53. The molecule has 0 aliphatic heterocycles. The smallest absolute Gasteiger partial charge is 0.131 e. The molecule has 1 aromatic heterocycles. The fraction of sp³-hybridized carbons (Fsp3) is 0.615. The van der Waals surface area contributed by atoms with Crippen LogP contribution in [-0.2, 0) is 11.3 Å². The molecule has 0 aliphatic rings. The van der Waals surface area contributed by atoms with Crippen molar-refractivity contribution in [3.05, 3.63) is 23.9 Å². The van der Waals surface area contributed by atoms with Gasteiger partial charge in [0.05, 0.1) is 12.2 Å². The number of ether oxygens (including phenoxy) is 1. The van der Waals surface area contributed by atoms with Gasteiger partial charge in [0.2, 0.25) is 0 Å².